The number of hydrogen-bond donors (Lipinski definition) is 1. The second kappa shape index (κ2) is 6.87. The first-order chi connectivity index (χ1) is 10.6. The number of ether oxygens (including phenoxy) is 1. The zero-order valence-corrected chi connectivity index (χ0v) is 12.2. The summed E-state index contributed by atoms with van der Waals surface area (Å²) in [6, 6.07) is 13.2. The minimum absolute atomic E-state index is 0.0107. The van der Waals surface area contributed by atoms with E-state index < -0.39 is 11.0 Å². The van der Waals surface area contributed by atoms with Gasteiger partial charge in [-0.3, -0.25) is 10.1 Å². The fraction of sp³-hybridized carbons (Fsp3) is 0.176. The van der Waals surface area contributed by atoms with Gasteiger partial charge in [0.1, 0.15) is 5.75 Å². The number of aliphatic hydroxyl groups excluding tert-OH is 1. The number of benzene rings is 2. The predicted molar refractivity (Wildman–Crippen MR) is 84.0 cm³/mol. The molecule has 0 amide bonds. The van der Waals surface area contributed by atoms with Gasteiger partial charge in [0, 0.05) is 23.6 Å². The average Bonchev–Trinajstić information content (AvgIpc) is 2.56. The van der Waals surface area contributed by atoms with Crippen molar-refractivity contribution in [3.8, 4) is 5.75 Å². The SMILES string of the molecule is C=C[C@@H](c1ccccc1OC)[C@@H](O)c1ccc([N+](=O)[O-])cc1. The monoisotopic (exact) mass is 299 g/mol. The molecule has 0 aromatic heterocycles. The lowest BCUT2D eigenvalue weighted by Gasteiger charge is -2.22. The standard InChI is InChI=1S/C17H17NO4/c1-3-14(15-6-4-5-7-16(15)22-2)17(19)12-8-10-13(11-9-12)18(20)21/h3-11,14,17,19H,1H2,2H3/t14-,17-/m0/s1. The molecular formula is C17H17NO4. The van der Waals surface area contributed by atoms with Crippen molar-refractivity contribution in [2.45, 2.75) is 12.0 Å². The van der Waals surface area contributed by atoms with Crippen molar-refractivity contribution in [2.75, 3.05) is 7.11 Å². The van der Waals surface area contributed by atoms with Crippen LogP contribution in [0, 0.1) is 10.1 Å². The van der Waals surface area contributed by atoms with E-state index in [9.17, 15) is 15.2 Å². The van der Waals surface area contributed by atoms with Crippen LogP contribution in [0.15, 0.2) is 61.2 Å². The molecule has 1 N–H and O–H groups in total. The normalized spacial score (nSPS) is 13.2. The van der Waals surface area contributed by atoms with E-state index in [0.29, 0.717) is 11.3 Å². The van der Waals surface area contributed by atoms with Crippen molar-refractivity contribution in [2.24, 2.45) is 0 Å². The number of non-ortho nitro benzene ring substituents is 1. The molecule has 5 nitrogen and oxygen atoms in total. The third kappa shape index (κ3) is 3.15. The van der Waals surface area contributed by atoms with Crippen molar-refractivity contribution in [1.82, 2.24) is 0 Å². The fourth-order valence-corrected chi connectivity index (χ4v) is 2.37. The summed E-state index contributed by atoms with van der Waals surface area (Å²) in [4.78, 5) is 10.2. The molecule has 0 aliphatic rings. The van der Waals surface area contributed by atoms with Gasteiger partial charge in [-0.05, 0) is 23.8 Å². The summed E-state index contributed by atoms with van der Waals surface area (Å²) >= 11 is 0. The first-order valence-electron chi connectivity index (χ1n) is 6.76. The lowest BCUT2D eigenvalue weighted by atomic mass is 9.88. The van der Waals surface area contributed by atoms with Gasteiger partial charge in [0.25, 0.3) is 5.69 Å². The highest BCUT2D eigenvalue weighted by Gasteiger charge is 2.23. The highest BCUT2D eigenvalue weighted by Crippen LogP contribution is 2.37. The number of nitro benzene ring substituents is 1. The molecule has 2 aromatic carbocycles. The Labute approximate surface area is 128 Å². The number of rotatable bonds is 6. The molecule has 2 rings (SSSR count). The highest BCUT2D eigenvalue weighted by atomic mass is 16.6. The molecule has 0 unspecified atom stereocenters. The van der Waals surface area contributed by atoms with Crippen LogP contribution >= 0.6 is 0 Å². The van der Waals surface area contributed by atoms with Gasteiger partial charge in [-0.1, -0.05) is 24.3 Å². The zero-order valence-electron chi connectivity index (χ0n) is 12.2. The van der Waals surface area contributed by atoms with Gasteiger partial charge in [0.2, 0.25) is 0 Å². The fourth-order valence-electron chi connectivity index (χ4n) is 2.37. The maximum absolute atomic E-state index is 10.7. The molecule has 0 saturated carbocycles. The Kier molecular flexibility index (Phi) is 4.91. The number of nitro groups is 1. The van der Waals surface area contributed by atoms with Gasteiger partial charge >= 0.3 is 0 Å². The number of aliphatic hydroxyl groups is 1. The topological polar surface area (TPSA) is 72.6 Å². The molecule has 5 heteroatoms. The first kappa shape index (κ1) is 15.7. The summed E-state index contributed by atoms with van der Waals surface area (Å²) in [6.45, 7) is 3.78. The minimum atomic E-state index is -0.866. The summed E-state index contributed by atoms with van der Waals surface area (Å²) < 4.78 is 5.32. The van der Waals surface area contributed by atoms with Crippen molar-refractivity contribution in [3.63, 3.8) is 0 Å². The Morgan fingerprint density at radius 2 is 1.86 bits per heavy atom. The van der Waals surface area contributed by atoms with Crippen LogP contribution in [0.5, 0.6) is 5.75 Å². The van der Waals surface area contributed by atoms with Crippen LogP contribution in [-0.4, -0.2) is 17.1 Å². The third-order valence-electron chi connectivity index (χ3n) is 3.54. The van der Waals surface area contributed by atoms with E-state index in [2.05, 4.69) is 6.58 Å². The van der Waals surface area contributed by atoms with Crippen LogP contribution in [0.1, 0.15) is 23.1 Å². The molecule has 2 atom stereocenters. The van der Waals surface area contributed by atoms with Gasteiger partial charge < -0.3 is 9.84 Å². The Morgan fingerprint density at radius 3 is 2.41 bits per heavy atom. The van der Waals surface area contributed by atoms with Crippen LogP contribution in [0.4, 0.5) is 5.69 Å². The van der Waals surface area contributed by atoms with E-state index in [1.807, 2.05) is 24.3 Å². The van der Waals surface area contributed by atoms with Gasteiger partial charge in [0.05, 0.1) is 18.1 Å². The van der Waals surface area contributed by atoms with Crippen LogP contribution in [0.2, 0.25) is 0 Å². The zero-order chi connectivity index (χ0) is 16.1. The second-order valence-electron chi connectivity index (χ2n) is 4.80. The molecule has 0 spiro atoms. The molecule has 0 aliphatic heterocycles. The smallest absolute Gasteiger partial charge is 0.269 e. The number of methoxy groups -OCH3 is 1. The molecular weight excluding hydrogens is 282 g/mol. The lowest BCUT2D eigenvalue weighted by Crippen LogP contribution is -2.10. The molecule has 0 bridgehead atoms. The summed E-state index contributed by atoms with van der Waals surface area (Å²) in [5.74, 6) is 0.283. The van der Waals surface area contributed by atoms with Crippen molar-refractivity contribution in [1.29, 1.82) is 0 Å². The largest absolute Gasteiger partial charge is 0.496 e. The van der Waals surface area contributed by atoms with Gasteiger partial charge in [-0.2, -0.15) is 0 Å². The van der Waals surface area contributed by atoms with E-state index in [4.69, 9.17) is 4.74 Å². The maximum Gasteiger partial charge on any atom is 0.269 e. The van der Waals surface area contributed by atoms with Crippen LogP contribution in [0.3, 0.4) is 0 Å². The molecule has 0 saturated heterocycles. The van der Waals surface area contributed by atoms with Crippen LogP contribution < -0.4 is 4.74 Å². The summed E-state index contributed by atoms with van der Waals surface area (Å²) in [7, 11) is 1.57. The summed E-state index contributed by atoms with van der Waals surface area (Å²) in [5.41, 5.74) is 1.38. The van der Waals surface area contributed by atoms with E-state index in [-0.39, 0.29) is 11.6 Å². The third-order valence-corrected chi connectivity index (χ3v) is 3.54. The molecule has 2 aromatic rings. The first-order valence-corrected chi connectivity index (χ1v) is 6.76. The van der Waals surface area contributed by atoms with E-state index in [1.165, 1.54) is 12.1 Å². The van der Waals surface area contributed by atoms with E-state index in [0.717, 1.165) is 5.56 Å². The van der Waals surface area contributed by atoms with E-state index >= 15 is 0 Å². The number of hydrogen-bond acceptors (Lipinski definition) is 4. The second-order valence-corrected chi connectivity index (χ2v) is 4.80. The molecule has 22 heavy (non-hydrogen) atoms. The van der Waals surface area contributed by atoms with Gasteiger partial charge in [-0.15, -0.1) is 6.58 Å². The minimum Gasteiger partial charge on any atom is -0.496 e. The molecule has 0 radical (unpaired) electrons. The molecule has 0 fully saturated rings. The van der Waals surface area contributed by atoms with Crippen molar-refractivity contribution in [3.05, 3.63) is 82.4 Å². The maximum atomic E-state index is 10.7. The van der Waals surface area contributed by atoms with E-state index in [1.54, 1.807) is 25.3 Å². The highest BCUT2D eigenvalue weighted by molar-refractivity contribution is 5.41. The van der Waals surface area contributed by atoms with Gasteiger partial charge in [-0.25, -0.2) is 0 Å². The molecule has 0 heterocycles. The van der Waals surface area contributed by atoms with Crippen LogP contribution in [-0.2, 0) is 0 Å². The van der Waals surface area contributed by atoms with Crippen LogP contribution in [0.25, 0.3) is 0 Å². The Morgan fingerprint density at radius 1 is 1.23 bits per heavy atom. The molecule has 0 aliphatic carbocycles. The summed E-state index contributed by atoms with van der Waals surface area (Å²) in [6.07, 6.45) is 0.777. The average molecular weight is 299 g/mol. The quantitative estimate of drug-likeness (QED) is 0.502. The lowest BCUT2D eigenvalue weighted by molar-refractivity contribution is -0.384. The summed E-state index contributed by atoms with van der Waals surface area (Å²) in [5, 5.41) is 21.3. The predicted octanol–water partition coefficient (Wildman–Crippen LogP) is 3.61. The number of nitrogens with zero attached hydrogens (tertiary/aromatic N) is 1. The van der Waals surface area contributed by atoms with Crippen molar-refractivity contribution < 1.29 is 14.8 Å². The Balaban J connectivity index is 2.34. The van der Waals surface area contributed by atoms with Gasteiger partial charge in [0.15, 0.2) is 0 Å². The number of para-hydroxylation sites is 1. The Hall–Kier alpha value is -2.66. The van der Waals surface area contributed by atoms with Crippen molar-refractivity contribution >= 4 is 5.69 Å². The Bertz CT molecular complexity index is 667. The molecule has 114 valence electrons.